The molecule has 128 valence electrons. The van der Waals surface area contributed by atoms with Crippen molar-refractivity contribution in [3.63, 3.8) is 0 Å². The number of carbonyl (C=O) groups is 1. The molecule has 0 bridgehead atoms. The summed E-state index contributed by atoms with van der Waals surface area (Å²) < 4.78 is 8.34. The number of ether oxygens (including phenoxy) is 1. The van der Waals surface area contributed by atoms with Gasteiger partial charge in [0, 0.05) is 34.0 Å². The number of Topliss-reactive ketones (excluding diaryl/α,β-unsaturated/α-hetero) is 1. The maximum atomic E-state index is 12.3. The van der Waals surface area contributed by atoms with Gasteiger partial charge in [-0.1, -0.05) is 40.2 Å². The van der Waals surface area contributed by atoms with E-state index >= 15 is 0 Å². The minimum absolute atomic E-state index is 0.0842. The number of halogens is 1. The van der Waals surface area contributed by atoms with Gasteiger partial charge in [-0.25, -0.2) is 0 Å². The molecule has 0 aliphatic heterocycles. The van der Waals surface area contributed by atoms with E-state index in [2.05, 4.69) is 26.7 Å². The van der Waals surface area contributed by atoms with Crippen LogP contribution in [0.2, 0.25) is 0 Å². The molecule has 0 atom stereocenters. The molecular weight excluding hydrogens is 378 g/mol. The molecule has 0 N–H and O–H groups in total. The van der Waals surface area contributed by atoms with Gasteiger partial charge in [0.15, 0.2) is 5.78 Å². The van der Waals surface area contributed by atoms with E-state index in [1.54, 1.807) is 14.0 Å². The van der Waals surface area contributed by atoms with Crippen LogP contribution in [0.1, 0.15) is 28.5 Å². The number of methoxy groups -OCH3 is 1. The van der Waals surface area contributed by atoms with Gasteiger partial charge in [-0.2, -0.15) is 0 Å². The summed E-state index contributed by atoms with van der Waals surface area (Å²) in [4.78, 5) is 12.3. The van der Waals surface area contributed by atoms with Gasteiger partial charge in [0.1, 0.15) is 5.75 Å². The van der Waals surface area contributed by atoms with Crippen molar-refractivity contribution >= 4 is 21.7 Å². The number of hydrogen-bond donors (Lipinski definition) is 0. The minimum atomic E-state index is 0.0842. The van der Waals surface area contributed by atoms with Crippen molar-refractivity contribution in [3.8, 4) is 16.9 Å². The zero-order valence-electron chi connectivity index (χ0n) is 14.5. The van der Waals surface area contributed by atoms with Crippen LogP contribution in [-0.4, -0.2) is 17.5 Å². The lowest BCUT2D eigenvalue weighted by molar-refractivity contribution is 0.101. The van der Waals surface area contributed by atoms with Gasteiger partial charge in [0.05, 0.1) is 7.11 Å². The number of ketones is 1. The third-order valence-corrected chi connectivity index (χ3v) is 4.84. The molecule has 0 aliphatic carbocycles. The number of aromatic nitrogens is 1. The highest BCUT2D eigenvalue weighted by atomic mass is 79.9. The summed E-state index contributed by atoms with van der Waals surface area (Å²) >= 11 is 3.51. The van der Waals surface area contributed by atoms with Gasteiger partial charge < -0.3 is 9.30 Å². The zero-order valence-corrected chi connectivity index (χ0v) is 16.1. The van der Waals surface area contributed by atoms with Crippen LogP contribution in [0.15, 0.2) is 59.2 Å². The second kappa shape index (κ2) is 7.28. The standard InChI is InChI=1S/C21H20BrNO2/c1-14-21(15(2)24)20(17-5-4-6-18(22)11-17)13-23(14)12-16-7-9-19(25-3)10-8-16/h4-11,13H,12H2,1-3H3. The molecule has 0 radical (unpaired) electrons. The normalized spacial score (nSPS) is 10.7. The Balaban J connectivity index is 2.03. The lowest BCUT2D eigenvalue weighted by Gasteiger charge is -2.08. The van der Waals surface area contributed by atoms with Crippen molar-refractivity contribution < 1.29 is 9.53 Å². The van der Waals surface area contributed by atoms with Crippen LogP contribution in [0.5, 0.6) is 5.75 Å². The predicted molar refractivity (Wildman–Crippen MR) is 104 cm³/mol. The lowest BCUT2D eigenvalue weighted by atomic mass is 10.0. The van der Waals surface area contributed by atoms with Crippen molar-refractivity contribution in [1.82, 2.24) is 4.57 Å². The van der Waals surface area contributed by atoms with E-state index < -0.39 is 0 Å². The summed E-state index contributed by atoms with van der Waals surface area (Å²) in [7, 11) is 1.66. The van der Waals surface area contributed by atoms with Crippen LogP contribution in [0.3, 0.4) is 0 Å². The van der Waals surface area contributed by atoms with Crippen LogP contribution in [0.25, 0.3) is 11.1 Å². The molecule has 0 unspecified atom stereocenters. The number of hydrogen-bond acceptors (Lipinski definition) is 2. The van der Waals surface area contributed by atoms with Gasteiger partial charge >= 0.3 is 0 Å². The summed E-state index contributed by atoms with van der Waals surface area (Å²) in [5.74, 6) is 0.924. The molecule has 3 rings (SSSR count). The van der Waals surface area contributed by atoms with Gasteiger partial charge in [0.2, 0.25) is 0 Å². The molecule has 0 amide bonds. The SMILES string of the molecule is COc1ccc(Cn2cc(-c3cccc(Br)c3)c(C(C)=O)c2C)cc1. The van der Waals surface area contributed by atoms with Crippen LogP contribution in [-0.2, 0) is 6.54 Å². The Hall–Kier alpha value is -2.33. The number of rotatable bonds is 5. The molecule has 2 aromatic carbocycles. The smallest absolute Gasteiger partial charge is 0.162 e. The summed E-state index contributed by atoms with van der Waals surface area (Å²) in [6.45, 7) is 4.34. The second-order valence-electron chi connectivity index (χ2n) is 6.05. The largest absolute Gasteiger partial charge is 0.497 e. The van der Waals surface area contributed by atoms with Crippen LogP contribution in [0, 0.1) is 6.92 Å². The number of carbonyl (C=O) groups excluding carboxylic acids is 1. The van der Waals surface area contributed by atoms with E-state index in [1.165, 1.54) is 0 Å². The fourth-order valence-corrected chi connectivity index (χ4v) is 3.47. The fourth-order valence-electron chi connectivity index (χ4n) is 3.07. The highest BCUT2D eigenvalue weighted by Gasteiger charge is 2.18. The van der Waals surface area contributed by atoms with Gasteiger partial charge in [-0.15, -0.1) is 0 Å². The summed E-state index contributed by atoms with van der Waals surface area (Å²) in [6.07, 6.45) is 2.07. The van der Waals surface area contributed by atoms with E-state index in [-0.39, 0.29) is 5.78 Å². The van der Waals surface area contributed by atoms with Crippen molar-refractivity contribution in [2.24, 2.45) is 0 Å². The molecule has 25 heavy (non-hydrogen) atoms. The Morgan fingerprint density at radius 2 is 1.88 bits per heavy atom. The Bertz CT molecular complexity index is 910. The predicted octanol–water partition coefficient (Wildman–Crippen LogP) is 5.49. The Labute approximate surface area is 156 Å². The Kier molecular flexibility index (Phi) is 5.09. The van der Waals surface area contributed by atoms with E-state index in [0.29, 0.717) is 6.54 Å². The summed E-state index contributed by atoms with van der Waals surface area (Å²) in [5, 5.41) is 0. The minimum Gasteiger partial charge on any atom is -0.497 e. The van der Waals surface area contributed by atoms with E-state index in [1.807, 2.05) is 55.5 Å². The van der Waals surface area contributed by atoms with Crippen LogP contribution < -0.4 is 4.74 Å². The van der Waals surface area contributed by atoms with Crippen LogP contribution in [0.4, 0.5) is 0 Å². The molecule has 4 heteroatoms. The second-order valence-corrected chi connectivity index (χ2v) is 6.96. The first-order valence-corrected chi connectivity index (χ1v) is 8.88. The molecule has 1 heterocycles. The lowest BCUT2D eigenvalue weighted by Crippen LogP contribution is -2.03. The molecule has 0 spiro atoms. The van der Waals surface area contributed by atoms with E-state index in [9.17, 15) is 4.79 Å². The van der Waals surface area contributed by atoms with E-state index in [0.717, 1.165) is 38.2 Å². The van der Waals surface area contributed by atoms with Crippen LogP contribution >= 0.6 is 15.9 Å². The topological polar surface area (TPSA) is 31.2 Å². The van der Waals surface area contributed by atoms with Crippen molar-refractivity contribution in [2.45, 2.75) is 20.4 Å². The van der Waals surface area contributed by atoms with Gasteiger partial charge in [-0.05, 0) is 49.2 Å². The molecular formula is C21H20BrNO2. The average Bonchev–Trinajstić information content (AvgIpc) is 2.92. The summed E-state index contributed by atoms with van der Waals surface area (Å²) in [6, 6.07) is 16.0. The molecule has 0 fully saturated rings. The molecule has 0 saturated carbocycles. The van der Waals surface area contributed by atoms with Gasteiger partial charge in [-0.3, -0.25) is 4.79 Å². The highest BCUT2D eigenvalue weighted by Crippen LogP contribution is 2.31. The quantitative estimate of drug-likeness (QED) is 0.533. The summed E-state index contributed by atoms with van der Waals surface area (Å²) in [5.41, 5.74) is 4.94. The van der Waals surface area contributed by atoms with Gasteiger partial charge in [0.25, 0.3) is 0 Å². The molecule has 0 saturated heterocycles. The van der Waals surface area contributed by atoms with E-state index in [4.69, 9.17) is 4.74 Å². The first-order chi connectivity index (χ1) is 12.0. The Morgan fingerprint density at radius 1 is 1.16 bits per heavy atom. The number of nitrogens with zero attached hydrogens (tertiary/aromatic N) is 1. The van der Waals surface area contributed by atoms with Crippen molar-refractivity contribution in [3.05, 3.63) is 76.0 Å². The molecule has 3 nitrogen and oxygen atoms in total. The maximum Gasteiger partial charge on any atom is 0.162 e. The Morgan fingerprint density at radius 3 is 2.48 bits per heavy atom. The first-order valence-electron chi connectivity index (χ1n) is 8.09. The molecule has 1 aromatic heterocycles. The zero-order chi connectivity index (χ0) is 18.0. The third kappa shape index (κ3) is 3.69. The molecule has 0 aliphatic rings. The third-order valence-electron chi connectivity index (χ3n) is 4.35. The number of benzene rings is 2. The average molecular weight is 398 g/mol. The maximum absolute atomic E-state index is 12.3. The van der Waals surface area contributed by atoms with Crippen molar-refractivity contribution in [2.75, 3.05) is 7.11 Å². The monoisotopic (exact) mass is 397 g/mol. The molecule has 3 aromatic rings. The highest BCUT2D eigenvalue weighted by molar-refractivity contribution is 9.10. The van der Waals surface area contributed by atoms with Crippen molar-refractivity contribution in [1.29, 1.82) is 0 Å². The first kappa shape index (κ1) is 17.5. The fraction of sp³-hybridized carbons (Fsp3) is 0.190.